The number of aryl methyl sites for hydroxylation is 1. The number of esters is 1. The SMILES string of the molecule is CC=C(C(=O)OC1Cc2c3c(c4oc(CO)cc(=O)c4c2O)C2C4=CCNC(N)=C4C(CCc4ccc(O)cc4C2CO)C2CCC4=C5CCC(C)NC5NC=C4CC2C1(C)O3)C1(O)CCC(c2cccc(C3(O)CCCCC3)c2)C1. The average Bonchev–Trinajstić information content (AvgIpc) is 3.86. The summed E-state index contributed by atoms with van der Waals surface area (Å²) in [6.45, 7) is 5.30. The Morgan fingerprint density at radius 3 is 2.58 bits per heavy atom. The fraction of sp³-hybridized carbons (Fsp3) is 0.515. The number of phenolic OH excluding ortho intramolecular Hbond substituents is 2. The summed E-state index contributed by atoms with van der Waals surface area (Å²) in [5.74, 6) is -3.03. The van der Waals surface area contributed by atoms with E-state index in [-0.39, 0.29) is 76.1 Å². The number of aliphatic hydroxyl groups is 4. The van der Waals surface area contributed by atoms with Crippen molar-refractivity contribution >= 4 is 16.9 Å². The number of piperidine rings is 1. The number of nitrogens with two attached hydrogens (primary N) is 1. The summed E-state index contributed by atoms with van der Waals surface area (Å²) < 4.78 is 21.5. The Morgan fingerprint density at radius 1 is 0.963 bits per heavy atom. The molecule has 4 aromatic rings. The molecule has 11 atom stereocenters. The van der Waals surface area contributed by atoms with Crippen LogP contribution in [-0.2, 0) is 34.6 Å². The van der Waals surface area contributed by atoms with Gasteiger partial charge in [0.05, 0.1) is 29.5 Å². The zero-order valence-corrected chi connectivity index (χ0v) is 46.8. The smallest absolute Gasteiger partial charge is 0.337 e. The van der Waals surface area contributed by atoms with Crippen molar-refractivity contribution in [3.8, 4) is 17.2 Å². The predicted octanol–water partition coefficient (Wildman–Crippen LogP) is 8.53. The lowest BCUT2D eigenvalue weighted by atomic mass is 9.61. The van der Waals surface area contributed by atoms with E-state index in [1.54, 1.807) is 25.1 Å². The minimum atomic E-state index is -1.56. The van der Waals surface area contributed by atoms with E-state index in [9.17, 15) is 35.4 Å². The van der Waals surface area contributed by atoms with E-state index in [2.05, 4.69) is 47.3 Å². The van der Waals surface area contributed by atoms with Crippen LogP contribution in [0.15, 0.2) is 115 Å². The topological polar surface area (TPSA) is 249 Å². The highest BCUT2D eigenvalue weighted by atomic mass is 16.6. The van der Waals surface area contributed by atoms with Gasteiger partial charge < -0.3 is 60.9 Å². The molecule has 0 amide bonds. The minimum Gasteiger partial charge on any atom is -0.508 e. The summed E-state index contributed by atoms with van der Waals surface area (Å²) in [5, 5.41) is 82.3. The Bertz CT molecular complexity index is 3460. The van der Waals surface area contributed by atoms with Gasteiger partial charge in [0.15, 0.2) is 5.43 Å². The Balaban J connectivity index is 1.00. The average molecular weight is 1100 g/mol. The zero-order chi connectivity index (χ0) is 56.3. The Hall–Kier alpha value is -6.36. The zero-order valence-electron chi connectivity index (χ0n) is 46.8. The second-order valence-electron chi connectivity index (χ2n) is 25.3. The van der Waals surface area contributed by atoms with Crippen LogP contribution in [0.25, 0.3) is 11.0 Å². The van der Waals surface area contributed by atoms with E-state index in [0.717, 1.165) is 71.9 Å². The van der Waals surface area contributed by atoms with Gasteiger partial charge in [-0.1, -0.05) is 61.7 Å². The quantitative estimate of drug-likeness (QED) is 0.0615. The fourth-order valence-electron chi connectivity index (χ4n) is 16.9. The summed E-state index contributed by atoms with van der Waals surface area (Å²) in [6.07, 6.45) is 15.4. The molecule has 428 valence electrons. The number of aromatic hydroxyl groups is 2. The van der Waals surface area contributed by atoms with E-state index >= 15 is 4.79 Å². The molecule has 3 saturated carbocycles. The molecule has 11 N–H and O–H groups in total. The number of carbonyl (C=O) groups excluding carboxylic acids is 1. The molecule has 4 fully saturated rings. The molecule has 9 aliphatic rings. The molecule has 15 nitrogen and oxygen atoms in total. The van der Waals surface area contributed by atoms with Crippen molar-refractivity contribution in [3.05, 3.63) is 156 Å². The molecule has 6 heterocycles. The summed E-state index contributed by atoms with van der Waals surface area (Å²) in [6, 6.07) is 14.9. The molecule has 15 heteroatoms. The van der Waals surface area contributed by atoms with Gasteiger partial charge in [-0.15, -0.1) is 0 Å². The van der Waals surface area contributed by atoms with Crippen molar-refractivity contribution in [1.29, 1.82) is 0 Å². The summed E-state index contributed by atoms with van der Waals surface area (Å²) >= 11 is 0. The molecule has 81 heavy (non-hydrogen) atoms. The maximum atomic E-state index is 15.6. The molecule has 5 aliphatic heterocycles. The molecule has 13 rings (SSSR count). The van der Waals surface area contributed by atoms with Gasteiger partial charge in [0.2, 0.25) is 0 Å². The maximum Gasteiger partial charge on any atom is 0.337 e. The summed E-state index contributed by atoms with van der Waals surface area (Å²) in [7, 11) is 0. The third-order valence-corrected chi connectivity index (χ3v) is 21.0. The van der Waals surface area contributed by atoms with Crippen LogP contribution < -0.4 is 31.8 Å². The predicted molar refractivity (Wildman–Crippen MR) is 306 cm³/mol. The van der Waals surface area contributed by atoms with Gasteiger partial charge in [0.25, 0.3) is 0 Å². The van der Waals surface area contributed by atoms with Crippen molar-refractivity contribution in [2.24, 2.45) is 23.5 Å². The lowest BCUT2D eigenvalue weighted by molar-refractivity contribution is -0.171. The first kappa shape index (κ1) is 53.9. The van der Waals surface area contributed by atoms with Crippen molar-refractivity contribution in [2.45, 2.75) is 183 Å². The van der Waals surface area contributed by atoms with Crippen LogP contribution in [0.1, 0.15) is 168 Å². The lowest BCUT2D eigenvalue weighted by Gasteiger charge is -2.52. The number of dihydropyridines is 2. The number of rotatable bonds is 7. The molecule has 3 aromatic carbocycles. The molecule has 4 aliphatic carbocycles. The highest BCUT2D eigenvalue weighted by Gasteiger charge is 2.59. The van der Waals surface area contributed by atoms with Crippen molar-refractivity contribution < 1.29 is 49.3 Å². The van der Waals surface area contributed by atoms with Crippen LogP contribution in [0, 0.1) is 17.8 Å². The van der Waals surface area contributed by atoms with E-state index in [0.29, 0.717) is 80.9 Å². The van der Waals surface area contributed by atoms with Crippen LogP contribution in [-0.4, -0.2) is 79.3 Å². The number of benzene rings is 3. The number of allylic oxidation sites excluding steroid dienone is 5. The normalized spacial score (nSPS) is 32.3. The summed E-state index contributed by atoms with van der Waals surface area (Å²) in [4.78, 5) is 30.2. The molecule has 4 bridgehead atoms. The van der Waals surface area contributed by atoms with Gasteiger partial charge in [-0.25, -0.2) is 4.79 Å². The first-order valence-corrected chi connectivity index (χ1v) is 29.9. The van der Waals surface area contributed by atoms with E-state index < -0.39 is 71.0 Å². The molecular weight excluding hydrogens is 1020 g/mol. The van der Waals surface area contributed by atoms with Crippen molar-refractivity contribution in [2.75, 3.05) is 13.2 Å². The first-order chi connectivity index (χ1) is 39.0. The molecule has 1 aromatic heterocycles. The van der Waals surface area contributed by atoms with Gasteiger partial charge in [0.1, 0.15) is 58.1 Å². The van der Waals surface area contributed by atoms with Crippen LogP contribution in [0.3, 0.4) is 0 Å². The third-order valence-electron chi connectivity index (χ3n) is 21.0. The Morgan fingerprint density at radius 2 is 1.79 bits per heavy atom. The number of phenols is 2. The maximum absolute atomic E-state index is 15.6. The van der Waals surface area contributed by atoms with Crippen LogP contribution in [0.2, 0.25) is 0 Å². The summed E-state index contributed by atoms with van der Waals surface area (Å²) in [5.41, 5.74) is 12.7. The van der Waals surface area contributed by atoms with Gasteiger partial charge in [0, 0.05) is 60.2 Å². The molecule has 1 saturated heterocycles. The molecule has 0 spiro atoms. The Kier molecular flexibility index (Phi) is 13.7. The second kappa shape index (κ2) is 20.5. The number of aliphatic hydroxyl groups excluding tert-OH is 2. The fourth-order valence-corrected chi connectivity index (χ4v) is 16.9. The van der Waals surface area contributed by atoms with Crippen molar-refractivity contribution in [3.63, 3.8) is 0 Å². The standard InChI is InChI=1S/C66H78N4O11/c1-4-50(66(78)23-19-37(30-66)36-9-8-10-39(25-36)65(77)21-6-5-7-22-65)63(76)80-53-29-48-58(75)56-52(74)28-41(32-71)79-60(56)57-54-46-20-24-68-61(67)55(46)44(16-13-35-12-14-40(73)27-47(35)49(54)33-72)43-18-17-42-38(26-51(43)64(53,3)81-59(48)57)31-69-62-45(42)15-11-34(2)70-62/h4,8-10,12,14,20,25,27-28,31,34,37,43-44,49,51,53-54,62,68-73,75,77-78H,5-7,11,13,15-19,21-24,26,29-30,32-33,67H2,1-3H3. The Labute approximate surface area is 472 Å². The van der Waals surface area contributed by atoms with E-state index in [4.69, 9.17) is 19.6 Å². The molecular formula is C66H78N4O11. The molecule has 0 radical (unpaired) electrons. The number of fused-ring (bicyclic) bond motifs is 10. The van der Waals surface area contributed by atoms with Gasteiger partial charge in [-0.2, -0.15) is 0 Å². The number of hydrogen-bond acceptors (Lipinski definition) is 15. The number of carbonyl (C=O) groups is 1. The van der Waals surface area contributed by atoms with Gasteiger partial charge >= 0.3 is 5.97 Å². The van der Waals surface area contributed by atoms with E-state index in [1.165, 1.54) is 17.2 Å². The number of ether oxygens (including phenoxy) is 2. The van der Waals surface area contributed by atoms with E-state index in [1.807, 2.05) is 25.1 Å². The highest BCUT2D eigenvalue weighted by molar-refractivity contribution is 5.93. The van der Waals surface area contributed by atoms with Crippen LogP contribution in [0.4, 0.5) is 0 Å². The highest BCUT2D eigenvalue weighted by Crippen LogP contribution is 2.62. The lowest BCUT2D eigenvalue weighted by Crippen LogP contribution is -2.59. The van der Waals surface area contributed by atoms with Gasteiger partial charge in [-0.3, -0.25) is 10.1 Å². The van der Waals surface area contributed by atoms with Crippen LogP contribution in [0.5, 0.6) is 17.2 Å². The first-order valence-electron chi connectivity index (χ1n) is 29.9. The number of hydrogen-bond donors (Lipinski definition) is 10. The van der Waals surface area contributed by atoms with Gasteiger partial charge in [-0.05, 0) is 178 Å². The molecule has 11 unspecified atom stereocenters. The number of nitrogens with one attached hydrogen (secondary N) is 3. The third kappa shape index (κ3) is 8.85. The van der Waals surface area contributed by atoms with Crippen LogP contribution >= 0.6 is 0 Å². The largest absolute Gasteiger partial charge is 0.508 e. The monoisotopic (exact) mass is 1100 g/mol. The van der Waals surface area contributed by atoms with Crippen molar-refractivity contribution in [1.82, 2.24) is 16.0 Å². The second-order valence-corrected chi connectivity index (χ2v) is 25.3. The minimum absolute atomic E-state index is 0.0131.